The summed E-state index contributed by atoms with van der Waals surface area (Å²) in [5.74, 6) is 0.0434. The number of anilines is 1. The number of benzene rings is 1. The third kappa shape index (κ3) is 4.19. The molecule has 116 valence electrons. The number of rotatable bonds is 8. The molecule has 3 N–H and O–H groups in total. The highest BCUT2D eigenvalue weighted by atomic mass is 16.5. The van der Waals surface area contributed by atoms with Gasteiger partial charge in [0.25, 0.3) is 0 Å². The summed E-state index contributed by atoms with van der Waals surface area (Å²) < 4.78 is 4.96. The molecule has 0 radical (unpaired) electrons. The van der Waals surface area contributed by atoms with Crippen LogP contribution in [0.5, 0.6) is 0 Å². The Balaban J connectivity index is 2.05. The van der Waals surface area contributed by atoms with Crippen molar-refractivity contribution < 1.29 is 9.53 Å². The molecule has 1 aromatic rings. The second-order valence-electron chi connectivity index (χ2n) is 5.47. The first-order valence-electron chi connectivity index (χ1n) is 7.51. The molecule has 0 saturated heterocycles. The molecule has 2 rings (SSSR count). The summed E-state index contributed by atoms with van der Waals surface area (Å²) in [6, 6.07) is 8.45. The molecule has 1 aromatic carbocycles. The fraction of sp³-hybridized carbons (Fsp3) is 0.562. The van der Waals surface area contributed by atoms with Crippen LogP contribution >= 0.6 is 0 Å². The van der Waals surface area contributed by atoms with Gasteiger partial charge in [-0.2, -0.15) is 0 Å². The van der Waals surface area contributed by atoms with Crippen LogP contribution in [0.15, 0.2) is 24.3 Å². The van der Waals surface area contributed by atoms with Gasteiger partial charge in [0.1, 0.15) is 6.04 Å². The molecule has 1 fully saturated rings. The Hall–Kier alpha value is -1.59. The third-order valence-corrected chi connectivity index (χ3v) is 3.81. The lowest BCUT2D eigenvalue weighted by Crippen LogP contribution is -2.47. The molecule has 5 heteroatoms. The number of nitrogens with one attached hydrogen (secondary N) is 1. The van der Waals surface area contributed by atoms with Gasteiger partial charge in [-0.15, -0.1) is 0 Å². The number of hydrogen-bond acceptors (Lipinski definition) is 4. The maximum atomic E-state index is 12.3. The molecule has 0 aromatic heterocycles. The topological polar surface area (TPSA) is 67.6 Å². The Bertz CT molecular complexity index is 457. The standard InChI is InChI=1S/C16H25N3O2/c1-12(16(20)18-9-10-21-2)19(15-7-8-15)14-5-3-13(11-17)4-6-14/h3-6,12,15H,7-11,17H2,1-2H3,(H,18,20). The van der Waals surface area contributed by atoms with Gasteiger partial charge < -0.3 is 20.7 Å². The van der Waals surface area contributed by atoms with E-state index in [1.54, 1.807) is 7.11 Å². The number of nitrogens with two attached hydrogens (primary N) is 1. The predicted molar refractivity (Wildman–Crippen MR) is 84.2 cm³/mol. The summed E-state index contributed by atoms with van der Waals surface area (Å²) in [5.41, 5.74) is 7.83. The van der Waals surface area contributed by atoms with Crippen LogP contribution in [-0.2, 0) is 16.1 Å². The Morgan fingerprint density at radius 3 is 2.62 bits per heavy atom. The fourth-order valence-corrected chi connectivity index (χ4v) is 2.46. The van der Waals surface area contributed by atoms with E-state index >= 15 is 0 Å². The highest BCUT2D eigenvalue weighted by Gasteiger charge is 2.35. The van der Waals surface area contributed by atoms with Gasteiger partial charge >= 0.3 is 0 Å². The minimum atomic E-state index is -0.182. The number of carbonyl (C=O) groups excluding carboxylic acids is 1. The van der Waals surface area contributed by atoms with E-state index in [-0.39, 0.29) is 11.9 Å². The first-order chi connectivity index (χ1) is 10.2. The van der Waals surface area contributed by atoms with Crippen LogP contribution in [-0.4, -0.2) is 38.3 Å². The summed E-state index contributed by atoms with van der Waals surface area (Å²) in [5, 5.41) is 2.91. The predicted octanol–water partition coefficient (Wildman–Crippen LogP) is 1.27. The molecular formula is C16H25N3O2. The Kier molecular flexibility index (Phi) is 5.59. The van der Waals surface area contributed by atoms with E-state index in [0.29, 0.717) is 25.7 Å². The fourth-order valence-electron chi connectivity index (χ4n) is 2.46. The second kappa shape index (κ2) is 7.43. The lowest BCUT2D eigenvalue weighted by Gasteiger charge is -2.30. The highest BCUT2D eigenvalue weighted by Crippen LogP contribution is 2.33. The first kappa shape index (κ1) is 15.8. The number of amides is 1. The molecule has 0 heterocycles. The van der Waals surface area contributed by atoms with Crippen molar-refractivity contribution in [3.8, 4) is 0 Å². The van der Waals surface area contributed by atoms with Gasteiger partial charge in [-0.1, -0.05) is 12.1 Å². The molecule has 0 bridgehead atoms. The Labute approximate surface area is 126 Å². The van der Waals surface area contributed by atoms with Crippen molar-refractivity contribution in [2.24, 2.45) is 5.73 Å². The minimum Gasteiger partial charge on any atom is -0.383 e. The third-order valence-electron chi connectivity index (χ3n) is 3.81. The first-order valence-corrected chi connectivity index (χ1v) is 7.51. The van der Waals surface area contributed by atoms with Gasteiger partial charge in [-0.3, -0.25) is 4.79 Å². The van der Waals surface area contributed by atoms with Crippen LogP contribution in [0, 0.1) is 0 Å². The maximum absolute atomic E-state index is 12.3. The number of methoxy groups -OCH3 is 1. The maximum Gasteiger partial charge on any atom is 0.242 e. The van der Waals surface area contributed by atoms with Crippen molar-refractivity contribution in [2.75, 3.05) is 25.2 Å². The van der Waals surface area contributed by atoms with Crippen LogP contribution in [0.2, 0.25) is 0 Å². The van der Waals surface area contributed by atoms with Crippen molar-refractivity contribution in [3.63, 3.8) is 0 Å². The lowest BCUT2D eigenvalue weighted by atomic mass is 10.1. The van der Waals surface area contributed by atoms with Gasteiger partial charge in [0.05, 0.1) is 6.61 Å². The average molecular weight is 291 g/mol. The van der Waals surface area contributed by atoms with Crippen molar-refractivity contribution in [2.45, 2.75) is 38.4 Å². The quantitative estimate of drug-likeness (QED) is 0.708. The van der Waals surface area contributed by atoms with Crippen molar-refractivity contribution >= 4 is 11.6 Å². The summed E-state index contributed by atoms with van der Waals surface area (Å²) in [4.78, 5) is 14.5. The lowest BCUT2D eigenvalue weighted by molar-refractivity contribution is -0.122. The Morgan fingerprint density at radius 2 is 2.10 bits per heavy atom. The molecule has 1 atom stereocenters. The van der Waals surface area contributed by atoms with Gasteiger partial charge in [0.2, 0.25) is 5.91 Å². The molecule has 1 amide bonds. The summed E-state index contributed by atoms with van der Waals surface area (Å²) in [7, 11) is 1.63. The zero-order valence-electron chi connectivity index (χ0n) is 12.8. The van der Waals surface area contributed by atoms with E-state index in [1.807, 2.05) is 19.1 Å². The van der Waals surface area contributed by atoms with Crippen LogP contribution in [0.4, 0.5) is 5.69 Å². The van der Waals surface area contributed by atoms with Crippen molar-refractivity contribution in [3.05, 3.63) is 29.8 Å². The summed E-state index contributed by atoms with van der Waals surface area (Å²) in [6.45, 7) is 3.57. The molecule has 21 heavy (non-hydrogen) atoms. The van der Waals surface area contributed by atoms with Crippen molar-refractivity contribution in [1.82, 2.24) is 5.32 Å². The smallest absolute Gasteiger partial charge is 0.242 e. The minimum absolute atomic E-state index is 0.0434. The summed E-state index contributed by atoms with van der Waals surface area (Å²) in [6.07, 6.45) is 2.29. The van der Waals surface area contributed by atoms with E-state index in [4.69, 9.17) is 10.5 Å². The molecule has 0 spiro atoms. The molecule has 1 aliphatic rings. The van der Waals surface area contributed by atoms with Crippen LogP contribution in [0.3, 0.4) is 0 Å². The second-order valence-corrected chi connectivity index (χ2v) is 5.47. The molecular weight excluding hydrogens is 266 g/mol. The van der Waals surface area contributed by atoms with Gasteiger partial charge in [0.15, 0.2) is 0 Å². The number of nitrogens with zero attached hydrogens (tertiary/aromatic N) is 1. The largest absolute Gasteiger partial charge is 0.383 e. The van der Waals surface area contributed by atoms with Gasteiger partial charge in [-0.25, -0.2) is 0 Å². The van der Waals surface area contributed by atoms with Crippen LogP contribution < -0.4 is 16.0 Å². The molecule has 1 unspecified atom stereocenters. The van der Waals surface area contributed by atoms with Gasteiger partial charge in [-0.05, 0) is 37.5 Å². The Morgan fingerprint density at radius 1 is 1.43 bits per heavy atom. The number of carbonyl (C=O) groups is 1. The van der Waals surface area contributed by atoms with Crippen LogP contribution in [0.1, 0.15) is 25.3 Å². The van der Waals surface area contributed by atoms with Crippen molar-refractivity contribution in [1.29, 1.82) is 0 Å². The molecule has 1 saturated carbocycles. The van der Waals surface area contributed by atoms with Crippen LogP contribution in [0.25, 0.3) is 0 Å². The average Bonchev–Trinajstić information content (AvgIpc) is 3.33. The van der Waals surface area contributed by atoms with E-state index in [0.717, 1.165) is 24.1 Å². The molecule has 0 aliphatic heterocycles. The SMILES string of the molecule is COCCNC(=O)C(C)N(c1ccc(CN)cc1)C1CC1. The number of ether oxygens (including phenoxy) is 1. The van der Waals surface area contributed by atoms with Gasteiger partial charge in [0, 0.05) is 31.9 Å². The number of hydrogen-bond donors (Lipinski definition) is 2. The normalized spacial score (nSPS) is 15.6. The highest BCUT2D eigenvalue weighted by molar-refractivity contribution is 5.85. The van der Waals surface area contributed by atoms with E-state index in [9.17, 15) is 4.79 Å². The van der Waals surface area contributed by atoms with E-state index in [1.165, 1.54) is 0 Å². The van der Waals surface area contributed by atoms with E-state index < -0.39 is 0 Å². The zero-order chi connectivity index (χ0) is 15.2. The molecule has 5 nitrogen and oxygen atoms in total. The summed E-state index contributed by atoms with van der Waals surface area (Å²) >= 11 is 0. The van der Waals surface area contributed by atoms with E-state index in [2.05, 4.69) is 22.3 Å². The molecule has 1 aliphatic carbocycles. The monoisotopic (exact) mass is 291 g/mol. The zero-order valence-corrected chi connectivity index (χ0v) is 12.8.